The van der Waals surface area contributed by atoms with Gasteiger partial charge in [-0.1, -0.05) is 18.5 Å². The van der Waals surface area contributed by atoms with Gasteiger partial charge >= 0.3 is 0 Å². The maximum atomic E-state index is 11.1. The molecule has 0 radical (unpaired) electrons. The van der Waals surface area contributed by atoms with E-state index >= 15 is 0 Å². The van der Waals surface area contributed by atoms with Crippen molar-refractivity contribution in [1.82, 2.24) is 4.57 Å². The minimum Gasteiger partial charge on any atom is -0.379 e. The molecule has 1 heterocycles. The molecule has 5 heteroatoms. The van der Waals surface area contributed by atoms with Crippen molar-refractivity contribution in [3.63, 3.8) is 0 Å². The fourth-order valence-electron chi connectivity index (χ4n) is 2.09. The topological polar surface area (TPSA) is 60.1 Å². The third-order valence-corrected chi connectivity index (χ3v) is 3.41. The summed E-state index contributed by atoms with van der Waals surface area (Å²) < 4.78 is 2.21. The van der Waals surface area contributed by atoms with Gasteiger partial charge in [0.05, 0.1) is 17.1 Å². The van der Waals surface area contributed by atoms with Gasteiger partial charge in [0.15, 0.2) is 0 Å². The van der Waals surface area contributed by atoms with E-state index in [4.69, 9.17) is 17.3 Å². The molecule has 20 heavy (non-hydrogen) atoms. The highest BCUT2D eigenvalue weighted by molar-refractivity contribution is 6.34. The lowest BCUT2D eigenvalue weighted by Gasteiger charge is -2.11. The average Bonchev–Trinajstić information content (AvgIpc) is 2.84. The van der Waals surface area contributed by atoms with Crippen LogP contribution in [0.25, 0.3) is 0 Å². The number of primary amides is 1. The van der Waals surface area contributed by atoms with E-state index in [1.807, 2.05) is 6.07 Å². The van der Waals surface area contributed by atoms with E-state index in [0.717, 1.165) is 18.7 Å². The summed E-state index contributed by atoms with van der Waals surface area (Å²) in [6, 6.07) is 9.28. The molecule has 3 N–H and O–H groups in total. The monoisotopic (exact) mass is 291 g/mol. The number of benzene rings is 1. The third kappa shape index (κ3) is 3.33. The molecule has 0 fully saturated rings. The van der Waals surface area contributed by atoms with Gasteiger partial charge in [0, 0.05) is 24.1 Å². The molecule has 0 unspecified atom stereocenters. The second-order valence-electron chi connectivity index (χ2n) is 4.61. The fraction of sp³-hybridized carbons (Fsp3) is 0.267. The van der Waals surface area contributed by atoms with E-state index in [2.05, 4.69) is 29.1 Å². The predicted octanol–water partition coefficient (Wildman–Crippen LogP) is 3.26. The number of rotatable bonds is 6. The maximum Gasteiger partial charge on any atom is 0.250 e. The Morgan fingerprint density at radius 1 is 1.40 bits per heavy atom. The zero-order chi connectivity index (χ0) is 14.5. The molecule has 1 aromatic carbocycles. The number of carbonyl (C=O) groups excluding carboxylic acids is 1. The Balaban J connectivity index is 2.05. The Bertz CT molecular complexity index is 607. The highest BCUT2D eigenvalue weighted by atomic mass is 35.5. The van der Waals surface area contributed by atoms with Gasteiger partial charge in [-0.3, -0.25) is 4.79 Å². The van der Waals surface area contributed by atoms with Gasteiger partial charge in [0.1, 0.15) is 0 Å². The summed E-state index contributed by atoms with van der Waals surface area (Å²) in [5.41, 5.74) is 7.64. The van der Waals surface area contributed by atoms with Crippen LogP contribution in [-0.2, 0) is 13.1 Å². The van der Waals surface area contributed by atoms with Crippen LogP contribution in [0.3, 0.4) is 0 Å². The van der Waals surface area contributed by atoms with Gasteiger partial charge in [-0.05, 0) is 36.8 Å². The maximum absolute atomic E-state index is 11.1. The number of halogens is 1. The predicted molar refractivity (Wildman–Crippen MR) is 82.0 cm³/mol. The van der Waals surface area contributed by atoms with Gasteiger partial charge in [-0.15, -0.1) is 0 Å². The lowest BCUT2D eigenvalue weighted by atomic mass is 10.2. The van der Waals surface area contributed by atoms with E-state index in [1.54, 1.807) is 18.2 Å². The lowest BCUT2D eigenvalue weighted by Crippen LogP contribution is -2.12. The summed E-state index contributed by atoms with van der Waals surface area (Å²) in [4.78, 5) is 11.1. The van der Waals surface area contributed by atoms with Crippen LogP contribution in [0.4, 0.5) is 5.69 Å². The minimum absolute atomic E-state index is 0.339. The SMILES string of the molecule is CCCn1cccc1CNc1ccc(C(N)=O)c(Cl)c1. The van der Waals surface area contributed by atoms with E-state index in [1.165, 1.54) is 5.69 Å². The zero-order valence-electron chi connectivity index (χ0n) is 11.4. The second-order valence-corrected chi connectivity index (χ2v) is 5.01. The fourth-order valence-corrected chi connectivity index (χ4v) is 2.36. The summed E-state index contributed by atoms with van der Waals surface area (Å²) >= 11 is 6.02. The highest BCUT2D eigenvalue weighted by Gasteiger charge is 2.07. The summed E-state index contributed by atoms with van der Waals surface area (Å²) in [6.07, 6.45) is 3.17. The van der Waals surface area contributed by atoms with Crippen molar-refractivity contribution < 1.29 is 4.79 Å². The lowest BCUT2D eigenvalue weighted by molar-refractivity contribution is 0.100. The van der Waals surface area contributed by atoms with Crippen molar-refractivity contribution >= 4 is 23.2 Å². The number of nitrogens with one attached hydrogen (secondary N) is 1. The zero-order valence-corrected chi connectivity index (χ0v) is 12.2. The Morgan fingerprint density at radius 2 is 2.20 bits per heavy atom. The number of nitrogens with two attached hydrogens (primary N) is 1. The van der Waals surface area contributed by atoms with Gasteiger partial charge in [-0.25, -0.2) is 0 Å². The van der Waals surface area contributed by atoms with Crippen LogP contribution in [0, 0.1) is 0 Å². The molecule has 0 spiro atoms. The smallest absolute Gasteiger partial charge is 0.250 e. The van der Waals surface area contributed by atoms with E-state index in [0.29, 0.717) is 17.1 Å². The number of carbonyl (C=O) groups is 1. The van der Waals surface area contributed by atoms with Crippen molar-refractivity contribution in [1.29, 1.82) is 0 Å². The van der Waals surface area contributed by atoms with Crippen LogP contribution < -0.4 is 11.1 Å². The summed E-state index contributed by atoms with van der Waals surface area (Å²) in [6.45, 7) is 3.87. The minimum atomic E-state index is -0.515. The summed E-state index contributed by atoms with van der Waals surface area (Å²) in [5.74, 6) is -0.515. The quantitative estimate of drug-likeness (QED) is 0.858. The van der Waals surface area contributed by atoms with E-state index in [-0.39, 0.29) is 0 Å². The molecule has 0 aliphatic carbocycles. The van der Waals surface area contributed by atoms with Crippen LogP contribution in [-0.4, -0.2) is 10.5 Å². The second kappa shape index (κ2) is 6.48. The molecular formula is C15H18ClN3O. The van der Waals surface area contributed by atoms with Crippen molar-refractivity contribution in [2.24, 2.45) is 5.73 Å². The molecule has 1 aromatic heterocycles. The van der Waals surface area contributed by atoms with E-state index < -0.39 is 5.91 Å². The Kier molecular flexibility index (Phi) is 4.69. The standard InChI is InChI=1S/C15H18ClN3O/c1-2-7-19-8-3-4-12(19)10-18-11-5-6-13(15(17)20)14(16)9-11/h3-6,8-9,18H,2,7,10H2,1H3,(H2,17,20). The molecule has 0 bridgehead atoms. The van der Waals surface area contributed by atoms with Gasteiger partial charge in [0.25, 0.3) is 0 Å². The van der Waals surface area contributed by atoms with Crippen molar-refractivity contribution in [2.45, 2.75) is 26.4 Å². The molecule has 1 amide bonds. The van der Waals surface area contributed by atoms with Crippen LogP contribution >= 0.6 is 11.6 Å². The first-order chi connectivity index (χ1) is 9.61. The van der Waals surface area contributed by atoms with E-state index in [9.17, 15) is 4.79 Å². The van der Waals surface area contributed by atoms with Gasteiger partial charge in [0.2, 0.25) is 5.91 Å². The molecule has 4 nitrogen and oxygen atoms in total. The Morgan fingerprint density at radius 3 is 2.85 bits per heavy atom. The molecule has 2 rings (SSSR count). The first-order valence-corrected chi connectivity index (χ1v) is 6.97. The van der Waals surface area contributed by atoms with Crippen LogP contribution in [0.1, 0.15) is 29.4 Å². The molecule has 0 saturated carbocycles. The number of amides is 1. The summed E-state index contributed by atoms with van der Waals surface area (Å²) in [7, 11) is 0. The normalized spacial score (nSPS) is 10.5. The number of hydrogen-bond acceptors (Lipinski definition) is 2. The third-order valence-electron chi connectivity index (χ3n) is 3.10. The van der Waals surface area contributed by atoms with Gasteiger partial charge < -0.3 is 15.6 Å². The largest absolute Gasteiger partial charge is 0.379 e. The Labute approximate surface area is 123 Å². The number of aryl methyl sites for hydroxylation is 1. The average molecular weight is 292 g/mol. The van der Waals surface area contributed by atoms with Gasteiger partial charge in [-0.2, -0.15) is 0 Å². The molecule has 0 atom stereocenters. The molecule has 0 aliphatic rings. The van der Waals surface area contributed by atoms with Crippen molar-refractivity contribution in [3.05, 3.63) is 52.8 Å². The molecule has 106 valence electrons. The van der Waals surface area contributed by atoms with Crippen LogP contribution in [0.5, 0.6) is 0 Å². The number of anilines is 1. The van der Waals surface area contributed by atoms with Crippen molar-refractivity contribution in [2.75, 3.05) is 5.32 Å². The molecule has 0 aliphatic heterocycles. The summed E-state index contributed by atoms with van der Waals surface area (Å²) in [5, 5.41) is 3.66. The van der Waals surface area contributed by atoms with Crippen molar-refractivity contribution in [3.8, 4) is 0 Å². The molecular weight excluding hydrogens is 274 g/mol. The number of hydrogen-bond donors (Lipinski definition) is 2. The first-order valence-electron chi connectivity index (χ1n) is 6.59. The van der Waals surface area contributed by atoms with Crippen LogP contribution in [0.15, 0.2) is 36.5 Å². The molecule has 2 aromatic rings. The highest BCUT2D eigenvalue weighted by Crippen LogP contribution is 2.21. The number of nitrogens with zero attached hydrogens (tertiary/aromatic N) is 1. The van der Waals surface area contributed by atoms with Crippen LogP contribution in [0.2, 0.25) is 5.02 Å². The number of aromatic nitrogens is 1. The molecule has 0 saturated heterocycles. The Hall–Kier alpha value is -1.94. The first kappa shape index (κ1) is 14.5.